The average Bonchev–Trinajstić information content (AvgIpc) is 3.91. The number of nitrogens with zero attached hydrogens (tertiary/aromatic N) is 3. The first-order valence-corrected chi connectivity index (χ1v) is 18.7. The third-order valence-corrected chi connectivity index (χ3v) is 10.5. The monoisotopic (exact) mass is 717 g/mol. The molecular weight excluding hydrogens is 687 g/mol. The molecule has 0 spiro atoms. The Morgan fingerprint density at radius 3 is 1.21 bits per heavy atom. The normalized spacial score (nSPS) is 11.6. The molecule has 0 aliphatic rings. The van der Waals surface area contributed by atoms with E-state index in [4.69, 9.17) is 23.8 Å². The molecule has 0 saturated heterocycles. The van der Waals surface area contributed by atoms with Crippen LogP contribution in [-0.4, -0.2) is 15.0 Å². The quantitative estimate of drug-likeness (QED) is 0.171. The molecule has 8 aromatic carbocycles. The topological polar surface area (TPSA) is 65.0 Å². The number of fused-ring (bicyclic) bond motifs is 4. The van der Waals surface area contributed by atoms with Gasteiger partial charge in [0.25, 0.3) is 0 Å². The van der Waals surface area contributed by atoms with Crippen LogP contribution >= 0.6 is 0 Å². The highest BCUT2D eigenvalue weighted by molar-refractivity contribution is 6.04. The molecular formula is C51H31N3O2. The zero-order valence-corrected chi connectivity index (χ0v) is 30.1. The van der Waals surface area contributed by atoms with Gasteiger partial charge in [0.1, 0.15) is 11.0 Å². The first kappa shape index (κ1) is 31.9. The van der Waals surface area contributed by atoms with E-state index in [1.807, 2.05) is 48.5 Å². The molecule has 56 heavy (non-hydrogen) atoms. The molecule has 5 nitrogen and oxygen atoms in total. The van der Waals surface area contributed by atoms with Crippen LogP contribution in [0.25, 0.3) is 111 Å². The highest BCUT2D eigenvalue weighted by Crippen LogP contribution is 2.44. The molecule has 5 heteroatoms. The fourth-order valence-corrected chi connectivity index (χ4v) is 7.86. The smallest absolute Gasteiger partial charge is 0.227 e. The molecule has 11 rings (SSSR count). The standard InChI is InChI=1S/C51H31N3O2/c1-3-21-38-32(13-1)15-11-23-40(38)48-42(34-17-9-19-36(29-34)50-52-44-25-5-7-27-46(44)55-50)31-43(49(54-48)41-24-12-16-33-14-2-4-22-39(33)41)35-18-10-20-37(30-35)51-53-45-26-6-8-28-47(45)56-51/h1-31H. The third kappa shape index (κ3) is 5.45. The predicted octanol–water partition coefficient (Wildman–Crippen LogP) is 13.7. The molecule has 0 aliphatic heterocycles. The lowest BCUT2D eigenvalue weighted by Gasteiger charge is -2.19. The van der Waals surface area contributed by atoms with Gasteiger partial charge in [0.05, 0.1) is 11.4 Å². The number of hydrogen-bond acceptors (Lipinski definition) is 5. The molecule has 11 aromatic rings. The summed E-state index contributed by atoms with van der Waals surface area (Å²) in [7, 11) is 0. The number of pyridine rings is 1. The summed E-state index contributed by atoms with van der Waals surface area (Å²) in [5.41, 5.74) is 12.8. The Morgan fingerprint density at radius 2 is 0.714 bits per heavy atom. The second-order valence-corrected chi connectivity index (χ2v) is 14.0. The largest absolute Gasteiger partial charge is 0.436 e. The number of aromatic nitrogens is 3. The highest BCUT2D eigenvalue weighted by Gasteiger charge is 2.22. The first-order chi connectivity index (χ1) is 27.7. The summed E-state index contributed by atoms with van der Waals surface area (Å²) >= 11 is 0. The van der Waals surface area contributed by atoms with Crippen LogP contribution in [0.5, 0.6) is 0 Å². The van der Waals surface area contributed by atoms with Gasteiger partial charge in [-0.05, 0) is 87.3 Å². The van der Waals surface area contributed by atoms with Gasteiger partial charge < -0.3 is 8.83 Å². The van der Waals surface area contributed by atoms with Gasteiger partial charge in [0.15, 0.2) is 11.2 Å². The predicted molar refractivity (Wildman–Crippen MR) is 227 cm³/mol. The van der Waals surface area contributed by atoms with Gasteiger partial charge >= 0.3 is 0 Å². The second-order valence-electron chi connectivity index (χ2n) is 14.0. The molecule has 262 valence electrons. The van der Waals surface area contributed by atoms with E-state index in [1.165, 1.54) is 0 Å². The maximum atomic E-state index is 6.26. The van der Waals surface area contributed by atoms with Gasteiger partial charge in [0, 0.05) is 33.4 Å². The average molecular weight is 718 g/mol. The number of benzene rings is 8. The summed E-state index contributed by atoms with van der Waals surface area (Å²) in [5, 5.41) is 4.57. The van der Waals surface area contributed by atoms with E-state index in [0.717, 1.165) is 99.6 Å². The second kappa shape index (κ2) is 13.0. The molecule has 0 aliphatic carbocycles. The fraction of sp³-hybridized carbons (Fsp3) is 0. The Morgan fingerprint density at radius 1 is 0.304 bits per heavy atom. The van der Waals surface area contributed by atoms with Crippen molar-refractivity contribution in [2.24, 2.45) is 0 Å². The van der Waals surface area contributed by atoms with Crippen molar-refractivity contribution in [2.75, 3.05) is 0 Å². The summed E-state index contributed by atoms with van der Waals surface area (Å²) in [6.07, 6.45) is 0. The van der Waals surface area contributed by atoms with Crippen LogP contribution in [0.2, 0.25) is 0 Å². The van der Waals surface area contributed by atoms with Crippen molar-refractivity contribution in [1.29, 1.82) is 0 Å². The van der Waals surface area contributed by atoms with E-state index in [2.05, 4.69) is 140 Å². The molecule has 0 radical (unpaired) electrons. The van der Waals surface area contributed by atoms with Crippen molar-refractivity contribution in [3.63, 3.8) is 0 Å². The highest BCUT2D eigenvalue weighted by atomic mass is 16.4. The van der Waals surface area contributed by atoms with Crippen LogP contribution < -0.4 is 0 Å². The number of oxazole rings is 2. The number of para-hydroxylation sites is 4. The molecule has 0 fully saturated rings. The van der Waals surface area contributed by atoms with Gasteiger partial charge in [0.2, 0.25) is 11.8 Å². The van der Waals surface area contributed by atoms with E-state index < -0.39 is 0 Å². The van der Waals surface area contributed by atoms with Crippen molar-refractivity contribution < 1.29 is 8.83 Å². The molecule has 0 saturated carbocycles. The van der Waals surface area contributed by atoms with E-state index >= 15 is 0 Å². The van der Waals surface area contributed by atoms with E-state index in [-0.39, 0.29) is 0 Å². The van der Waals surface area contributed by atoms with Crippen LogP contribution in [0.15, 0.2) is 197 Å². The number of rotatable bonds is 6. The lowest BCUT2D eigenvalue weighted by molar-refractivity contribution is 0.619. The Bertz CT molecular complexity index is 2990. The van der Waals surface area contributed by atoms with Gasteiger partial charge in [-0.3, -0.25) is 0 Å². The number of hydrogen-bond donors (Lipinski definition) is 0. The lowest BCUT2D eigenvalue weighted by Crippen LogP contribution is -1.98. The maximum absolute atomic E-state index is 6.26. The summed E-state index contributed by atoms with van der Waals surface area (Å²) in [6.45, 7) is 0. The van der Waals surface area contributed by atoms with Gasteiger partial charge in [-0.2, -0.15) is 0 Å². The SMILES string of the molecule is c1cc(-c2nc3ccccc3o2)cc(-c2cc(-c3cccc(-c4nc5ccccc5o4)c3)c(-c3cccc4ccccc34)nc2-c2cccc3ccccc23)c1. The van der Waals surface area contributed by atoms with Gasteiger partial charge in [-0.25, -0.2) is 15.0 Å². The Kier molecular flexibility index (Phi) is 7.42. The van der Waals surface area contributed by atoms with E-state index in [0.29, 0.717) is 11.8 Å². The molecule has 3 aromatic heterocycles. The minimum Gasteiger partial charge on any atom is -0.436 e. The van der Waals surface area contributed by atoms with E-state index in [1.54, 1.807) is 0 Å². The summed E-state index contributed by atoms with van der Waals surface area (Å²) in [5.74, 6) is 1.15. The van der Waals surface area contributed by atoms with Crippen molar-refractivity contribution in [2.45, 2.75) is 0 Å². The van der Waals surface area contributed by atoms with Crippen LogP contribution in [0.4, 0.5) is 0 Å². The molecule has 0 unspecified atom stereocenters. The minimum atomic E-state index is 0.575. The summed E-state index contributed by atoms with van der Waals surface area (Å²) in [6, 6.07) is 64.8. The Hall–Kier alpha value is -7.63. The first-order valence-electron chi connectivity index (χ1n) is 18.7. The Balaban J connectivity index is 1.20. The van der Waals surface area contributed by atoms with Crippen LogP contribution in [-0.2, 0) is 0 Å². The minimum absolute atomic E-state index is 0.575. The van der Waals surface area contributed by atoms with E-state index in [9.17, 15) is 0 Å². The van der Waals surface area contributed by atoms with Gasteiger partial charge in [-0.15, -0.1) is 0 Å². The van der Waals surface area contributed by atoms with Crippen LogP contribution in [0.1, 0.15) is 0 Å². The van der Waals surface area contributed by atoms with Crippen LogP contribution in [0, 0.1) is 0 Å². The Labute approximate surface area is 322 Å². The molecule has 0 atom stereocenters. The van der Waals surface area contributed by atoms with Crippen molar-refractivity contribution in [1.82, 2.24) is 15.0 Å². The van der Waals surface area contributed by atoms with Crippen molar-refractivity contribution >= 4 is 43.7 Å². The lowest BCUT2D eigenvalue weighted by atomic mass is 9.88. The summed E-state index contributed by atoms with van der Waals surface area (Å²) < 4.78 is 12.5. The summed E-state index contributed by atoms with van der Waals surface area (Å²) in [4.78, 5) is 15.5. The molecule has 3 heterocycles. The molecule has 0 N–H and O–H groups in total. The maximum Gasteiger partial charge on any atom is 0.227 e. The van der Waals surface area contributed by atoms with Gasteiger partial charge in [-0.1, -0.05) is 133 Å². The van der Waals surface area contributed by atoms with Crippen LogP contribution in [0.3, 0.4) is 0 Å². The van der Waals surface area contributed by atoms with Crippen molar-refractivity contribution in [3.8, 4) is 67.7 Å². The fourth-order valence-electron chi connectivity index (χ4n) is 7.86. The molecule has 0 amide bonds. The van der Waals surface area contributed by atoms with Crippen molar-refractivity contribution in [3.05, 3.63) is 188 Å². The molecule has 0 bridgehead atoms. The third-order valence-electron chi connectivity index (χ3n) is 10.5. The zero-order chi connectivity index (χ0) is 37.0. The zero-order valence-electron chi connectivity index (χ0n) is 30.1.